The van der Waals surface area contributed by atoms with E-state index in [2.05, 4.69) is 4.90 Å². The molecule has 0 aromatic rings. The predicted molar refractivity (Wildman–Crippen MR) is 74.9 cm³/mol. The van der Waals surface area contributed by atoms with E-state index in [0.29, 0.717) is 19.0 Å². The lowest BCUT2D eigenvalue weighted by Gasteiger charge is -2.37. The highest BCUT2D eigenvalue weighted by atomic mass is 16.5. The van der Waals surface area contributed by atoms with Crippen LogP contribution in [0.2, 0.25) is 0 Å². The van der Waals surface area contributed by atoms with Gasteiger partial charge in [-0.25, -0.2) is 0 Å². The minimum absolute atomic E-state index is 0.135. The molecule has 2 heterocycles. The summed E-state index contributed by atoms with van der Waals surface area (Å²) in [5, 5.41) is 0. The van der Waals surface area contributed by atoms with Crippen molar-refractivity contribution in [2.24, 2.45) is 5.73 Å². The van der Waals surface area contributed by atoms with E-state index < -0.39 is 0 Å². The number of amides is 1. The average Bonchev–Trinajstić information content (AvgIpc) is 2.99. The summed E-state index contributed by atoms with van der Waals surface area (Å²) in [5.74, 6) is 0.192. The zero-order chi connectivity index (χ0) is 13.7. The van der Waals surface area contributed by atoms with Gasteiger partial charge in [-0.15, -0.1) is 0 Å². The SMILES string of the molecule is COC(CN)CC(=O)N1CCC(N2CCCC2)CC1. The van der Waals surface area contributed by atoms with Crippen LogP contribution in [0.1, 0.15) is 32.1 Å². The number of rotatable bonds is 5. The smallest absolute Gasteiger partial charge is 0.225 e. The Morgan fingerprint density at radius 1 is 1.26 bits per heavy atom. The van der Waals surface area contributed by atoms with Gasteiger partial charge in [0.05, 0.1) is 12.5 Å². The summed E-state index contributed by atoms with van der Waals surface area (Å²) < 4.78 is 5.18. The zero-order valence-electron chi connectivity index (χ0n) is 12.0. The van der Waals surface area contributed by atoms with Gasteiger partial charge in [0.1, 0.15) is 0 Å². The maximum atomic E-state index is 12.1. The van der Waals surface area contributed by atoms with Crippen LogP contribution >= 0.6 is 0 Å². The van der Waals surface area contributed by atoms with Crippen LogP contribution in [-0.4, -0.2) is 67.7 Å². The van der Waals surface area contributed by atoms with Crippen LogP contribution in [0, 0.1) is 0 Å². The number of hydrogen-bond acceptors (Lipinski definition) is 4. The maximum absolute atomic E-state index is 12.1. The number of nitrogens with two attached hydrogens (primary N) is 1. The second-order valence-corrected chi connectivity index (χ2v) is 5.65. The largest absolute Gasteiger partial charge is 0.380 e. The molecule has 0 spiro atoms. The zero-order valence-corrected chi connectivity index (χ0v) is 12.0. The first kappa shape index (κ1) is 14.8. The highest BCUT2D eigenvalue weighted by Crippen LogP contribution is 2.21. The fourth-order valence-corrected chi connectivity index (χ4v) is 3.17. The number of likely N-dealkylation sites (tertiary alicyclic amines) is 2. The predicted octanol–water partition coefficient (Wildman–Crippen LogP) is 0.437. The van der Waals surface area contributed by atoms with Crippen molar-refractivity contribution in [3.05, 3.63) is 0 Å². The van der Waals surface area contributed by atoms with Crippen LogP contribution < -0.4 is 5.73 Å². The van der Waals surface area contributed by atoms with Gasteiger partial charge >= 0.3 is 0 Å². The summed E-state index contributed by atoms with van der Waals surface area (Å²) in [6.45, 7) is 4.68. The molecule has 2 aliphatic rings. The van der Waals surface area contributed by atoms with Gasteiger partial charge in [-0.1, -0.05) is 0 Å². The van der Waals surface area contributed by atoms with Crippen molar-refractivity contribution in [3.8, 4) is 0 Å². The van der Waals surface area contributed by atoms with Gasteiger partial charge in [0.2, 0.25) is 5.91 Å². The van der Waals surface area contributed by atoms with Crippen LogP contribution in [0.3, 0.4) is 0 Å². The number of methoxy groups -OCH3 is 1. The Kier molecular flexibility index (Phi) is 5.60. The number of piperidine rings is 1. The van der Waals surface area contributed by atoms with E-state index in [1.807, 2.05) is 4.90 Å². The Labute approximate surface area is 116 Å². The molecule has 1 atom stereocenters. The average molecular weight is 269 g/mol. The fraction of sp³-hybridized carbons (Fsp3) is 0.929. The Bertz CT molecular complexity index is 280. The molecule has 1 amide bonds. The first-order chi connectivity index (χ1) is 9.24. The summed E-state index contributed by atoms with van der Waals surface area (Å²) in [6, 6.07) is 0.694. The van der Waals surface area contributed by atoms with E-state index >= 15 is 0 Å². The van der Waals surface area contributed by atoms with Crippen LogP contribution in [0.15, 0.2) is 0 Å². The Balaban J connectivity index is 1.74. The van der Waals surface area contributed by atoms with Crippen LogP contribution in [0.5, 0.6) is 0 Å². The van der Waals surface area contributed by atoms with Gasteiger partial charge in [0, 0.05) is 32.8 Å². The normalized spacial score (nSPS) is 23.8. The van der Waals surface area contributed by atoms with E-state index in [1.165, 1.54) is 25.9 Å². The van der Waals surface area contributed by atoms with Crippen molar-refractivity contribution in [2.75, 3.05) is 39.8 Å². The summed E-state index contributed by atoms with van der Waals surface area (Å²) in [7, 11) is 1.62. The number of hydrogen-bond donors (Lipinski definition) is 1. The molecular formula is C14H27N3O2. The van der Waals surface area contributed by atoms with Gasteiger partial charge < -0.3 is 20.3 Å². The van der Waals surface area contributed by atoms with Gasteiger partial charge in [0.15, 0.2) is 0 Å². The van der Waals surface area contributed by atoms with Gasteiger partial charge in [0.25, 0.3) is 0 Å². The molecule has 2 aliphatic heterocycles. The lowest BCUT2D eigenvalue weighted by Crippen LogP contribution is -2.46. The monoisotopic (exact) mass is 269 g/mol. The molecule has 5 heteroatoms. The van der Waals surface area contributed by atoms with Crippen LogP contribution in [0.4, 0.5) is 0 Å². The second kappa shape index (κ2) is 7.22. The number of carbonyl (C=O) groups is 1. The molecule has 0 bridgehead atoms. The summed E-state index contributed by atoms with van der Waals surface area (Å²) >= 11 is 0. The Hall–Kier alpha value is -0.650. The molecule has 1 unspecified atom stereocenters. The van der Waals surface area contributed by atoms with Crippen molar-refractivity contribution >= 4 is 5.91 Å². The van der Waals surface area contributed by atoms with Gasteiger partial charge in [-0.2, -0.15) is 0 Å². The second-order valence-electron chi connectivity index (χ2n) is 5.65. The molecule has 0 saturated carbocycles. The molecule has 0 aliphatic carbocycles. The molecule has 2 rings (SSSR count). The molecule has 2 fully saturated rings. The molecule has 0 radical (unpaired) electrons. The molecule has 0 aromatic heterocycles. The number of nitrogens with zero attached hydrogens (tertiary/aromatic N) is 2. The number of ether oxygens (including phenoxy) is 1. The van der Waals surface area contributed by atoms with Crippen molar-refractivity contribution in [3.63, 3.8) is 0 Å². The minimum Gasteiger partial charge on any atom is -0.380 e. The lowest BCUT2D eigenvalue weighted by atomic mass is 10.0. The van der Waals surface area contributed by atoms with E-state index in [9.17, 15) is 4.79 Å². The fourth-order valence-electron chi connectivity index (χ4n) is 3.17. The summed E-state index contributed by atoms with van der Waals surface area (Å²) in [4.78, 5) is 16.7. The molecule has 2 saturated heterocycles. The highest BCUT2D eigenvalue weighted by molar-refractivity contribution is 5.76. The number of carbonyl (C=O) groups excluding carboxylic acids is 1. The first-order valence-corrected chi connectivity index (χ1v) is 7.49. The molecule has 0 aromatic carbocycles. The topological polar surface area (TPSA) is 58.8 Å². The molecular weight excluding hydrogens is 242 g/mol. The lowest BCUT2D eigenvalue weighted by molar-refractivity contribution is -0.135. The first-order valence-electron chi connectivity index (χ1n) is 7.49. The third-order valence-electron chi connectivity index (χ3n) is 4.47. The summed E-state index contributed by atoms with van der Waals surface area (Å²) in [6.07, 6.45) is 5.19. The van der Waals surface area contributed by atoms with E-state index in [0.717, 1.165) is 25.9 Å². The van der Waals surface area contributed by atoms with Gasteiger partial charge in [-0.05, 0) is 38.8 Å². The van der Waals surface area contributed by atoms with Crippen LogP contribution in [-0.2, 0) is 9.53 Å². The third kappa shape index (κ3) is 3.91. The molecule has 110 valence electrons. The van der Waals surface area contributed by atoms with Crippen molar-refractivity contribution in [1.29, 1.82) is 0 Å². The highest BCUT2D eigenvalue weighted by Gasteiger charge is 2.28. The van der Waals surface area contributed by atoms with Gasteiger partial charge in [-0.3, -0.25) is 4.79 Å². The van der Waals surface area contributed by atoms with E-state index in [4.69, 9.17) is 10.5 Å². The molecule has 5 nitrogen and oxygen atoms in total. The van der Waals surface area contributed by atoms with Crippen molar-refractivity contribution < 1.29 is 9.53 Å². The van der Waals surface area contributed by atoms with Crippen molar-refractivity contribution in [1.82, 2.24) is 9.80 Å². The standard InChI is InChI=1S/C14H27N3O2/c1-19-13(11-15)10-14(18)17-8-4-12(5-9-17)16-6-2-3-7-16/h12-13H,2-11,15H2,1H3. The molecule has 2 N–H and O–H groups in total. The third-order valence-corrected chi connectivity index (χ3v) is 4.47. The minimum atomic E-state index is -0.135. The van der Waals surface area contributed by atoms with E-state index in [1.54, 1.807) is 7.11 Å². The van der Waals surface area contributed by atoms with Crippen LogP contribution in [0.25, 0.3) is 0 Å². The summed E-state index contributed by atoms with van der Waals surface area (Å²) in [5.41, 5.74) is 5.56. The quantitative estimate of drug-likeness (QED) is 0.786. The molecule has 19 heavy (non-hydrogen) atoms. The Morgan fingerprint density at radius 2 is 1.89 bits per heavy atom. The van der Waals surface area contributed by atoms with Crippen molar-refractivity contribution in [2.45, 2.75) is 44.2 Å². The maximum Gasteiger partial charge on any atom is 0.225 e. The Morgan fingerprint density at radius 3 is 2.42 bits per heavy atom. The van der Waals surface area contributed by atoms with E-state index in [-0.39, 0.29) is 12.0 Å².